The maximum Gasteiger partial charge on any atom is 0.345 e. The molecule has 1 aromatic carbocycles. The molecule has 1 aromatic rings. The maximum atomic E-state index is 11.5. The molecule has 0 unspecified atom stereocenters. The molecule has 0 aromatic heterocycles. The first-order chi connectivity index (χ1) is 7.60. The number of alkyl halides is 1. The van der Waals surface area contributed by atoms with Crippen LogP contribution in [0.1, 0.15) is 22.8 Å². The van der Waals surface area contributed by atoms with Gasteiger partial charge in [-0.05, 0) is 18.6 Å². The molecule has 86 valence electrons. The highest BCUT2D eigenvalue weighted by atomic mass is 79.9. The number of halogens is 1. The van der Waals surface area contributed by atoms with Crippen LogP contribution in [-0.4, -0.2) is 17.5 Å². The van der Waals surface area contributed by atoms with Crippen molar-refractivity contribution in [1.29, 1.82) is 0 Å². The van der Waals surface area contributed by atoms with Crippen molar-refractivity contribution < 1.29 is 14.5 Å². The van der Waals surface area contributed by atoms with Crippen LogP contribution < -0.4 is 0 Å². The topological polar surface area (TPSA) is 69.4 Å². The monoisotopic (exact) mass is 287 g/mol. The summed E-state index contributed by atoms with van der Waals surface area (Å²) in [5, 5.41) is 11.2. The number of hydrogen-bond acceptors (Lipinski definition) is 4. The average Bonchev–Trinajstić information content (AvgIpc) is 2.28. The minimum Gasteiger partial charge on any atom is -0.462 e. The zero-order valence-electron chi connectivity index (χ0n) is 8.60. The number of nitrogens with zero attached hydrogens (tertiary/aromatic N) is 1. The Kier molecular flexibility index (Phi) is 4.42. The second kappa shape index (κ2) is 5.60. The Morgan fingerprint density at radius 2 is 2.25 bits per heavy atom. The molecule has 0 fully saturated rings. The van der Waals surface area contributed by atoms with Gasteiger partial charge in [-0.15, -0.1) is 0 Å². The molecule has 0 bridgehead atoms. The van der Waals surface area contributed by atoms with Crippen molar-refractivity contribution >= 4 is 27.6 Å². The van der Waals surface area contributed by atoms with Gasteiger partial charge in [0.25, 0.3) is 5.69 Å². The predicted octanol–water partition coefficient (Wildman–Crippen LogP) is 2.67. The third kappa shape index (κ3) is 2.79. The molecule has 0 aliphatic heterocycles. The van der Waals surface area contributed by atoms with E-state index in [1.165, 1.54) is 12.1 Å². The van der Waals surface area contributed by atoms with E-state index in [2.05, 4.69) is 15.9 Å². The third-order valence-electron chi connectivity index (χ3n) is 1.91. The summed E-state index contributed by atoms with van der Waals surface area (Å²) < 4.78 is 4.76. The summed E-state index contributed by atoms with van der Waals surface area (Å²) in [4.78, 5) is 21.6. The fourth-order valence-electron chi connectivity index (χ4n) is 1.20. The standard InChI is InChI=1S/C10H10BrNO4/c1-2-16-10(13)8-5-7(6-11)3-4-9(8)12(14)15/h3-5H,2,6H2,1H3. The van der Waals surface area contributed by atoms with Crippen molar-refractivity contribution in [2.75, 3.05) is 6.61 Å². The molecule has 0 aliphatic carbocycles. The molecule has 16 heavy (non-hydrogen) atoms. The first-order valence-electron chi connectivity index (χ1n) is 4.60. The van der Waals surface area contributed by atoms with Crippen molar-refractivity contribution in [3.05, 3.63) is 39.4 Å². The van der Waals surface area contributed by atoms with Gasteiger partial charge in [0.15, 0.2) is 0 Å². The highest BCUT2D eigenvalue weighted by Crippen LogP contribution is 2.22. The molecule has 0 heterocycles. The smallest absolute Gasteiger partial charge is 0.345 e. The number of rotatable bonds is 4. The summed E-state index contributed by atoms with van der Waals surface area (Å²) >= 11 is 3.22. The van der Waals surface area contributed by atoms with E-state index in [4.69, 9.17) is 4.74 Å². The van der Waals surface area contributed by atoms with E-state index >= 15 is 0 Å². The number of hydrogen-bond donors (Lipinski definition) is 0. The van der Waals surface area contributed by atoms with Gasteiger partial charge in [0.1, 0.15) is 5.56 Å². The Hall–Kier alpha value is -1.43. The fourth-order valence-corrected chi connectivity index (χ4v) is 1.55. The van der Waals surface area contributed by atoms with Crippen LogP contribution in [0.15, 0.2) is 18.2 Å². The summed E-state index contributed by atoms with van der Waals surface area (Å²) in [7, 11) is 0. The molecular weight excluding hydrogens is 278 g/mol. The van der Waals surface area contributed by atoms with E-state index in [1.54, 1.807) is 13.0 Å². The summed E-state index contributed by atoms with van der Waals surface area (Å²) in [6, 6.07) is 4.36. The Morgan fingerprint density at radius 3 is 2.75 bits per heavy atom. The molecule has 5 nitrogen and oxygen atoms in total. The van der Waals surface area contributed by atoms with E-state index in [1.807, 2.05) is 0 Å². The molecule has 0 atom stereocenters. The number of nitro benzene ring substituents is 1. The van der Waals surface area contributed by atoms with Gasteiger partial charge in [0.2, 0.25) is 0 Å². The van der Waals surface area contributed by atoms with E-state index < -0.39 is 10.9 Å². The van der Waals surface area contributed by atoms with E-state index in [9.17, 15) is 14.9 Å². The van der Waals surface area contributed by atoms with Gasteiger partial charge in [-0.1, -0.05) is 22.0 Å². The molecule has 1 rings (SSSR count). The summed E-state index contributed by atoms with van der Waals surface area (Å²) in [6.07, 6.45) is 0. The van der Waals surface area contributed by atoms with Crippen LogP contribution in [-0.2, 0) is 10.1 Å². The molecule has 0 amide bonds. The number of carbonyl (C=O) groups is 1. The molecule has 0 N–H and O–H groups in total. The lowest BCUT2D eigenvalue weighted by Crippen LogP contribution is -2.08. The van der Waals surface area contributed by atoms with E-state index in [-0.39, 0.29) is 17.9 Å². The molecule has 0 radical (unpaired) electrons. The van der Waals surface area contributed by atoms with Gasteiger partial charge in [0.05, 0.1) is 11.5 Å². The van der Waals surface area contributed by atoms with Crippen molar-refractivity contribution in [2.24, 2.45) is 0 Å². The van der Waals surface area contributed by atoms with Gasteiger partial charge >= 0.3 is 5.97 Å². The van der Waals surface area contributed by atoms with Crippen molar-refractivity contribution in [3.63, 3.8) is 0 Å². The minimum absolute atomic E-state index is 0.0104. The van der Waals surface area contributed by atoms with Crippen LogP contribution in [0.3, 0.4) is 0 Å². The van der Waals surface area contributed by atoms with Crippen LogP contribution in [0.2, 0.25) is 0 Å². The van der Waals surface area contributed by atoms with E-state index in [0.29, 0.717) is 5.33 Å². The Bertz CT molecular complexity index is 419. The van der Waals surface area contributed by atoms with Crippen molar-refractivity contribution in [1.82, 2.24) is 0 Å². The number of nitro groups is 1. The highest BCUT2D eigenvalue weighted by Gasteiger charge is 2.21. The molecule has 0 aliphatic rings. The lowest BCUT2D eigenvalue weighted by molar-refractivity contribution is -0.385. The van der Waals surface area contributed by atoms with Gasteiger partial charge < -0.3 is 4.74 Å². The molecule has 6 heteroatoms. The Morgan fingerprint density at radius 1 is 1.56 bits per heavy atom. The van der Waals surface area contributed by atoms with Gasteiger partial charge in [0, 0.05) is 11.4 Å². The summed E-state index contributed by atoms with van der Waals surface area (Å²) in [6.45, 7) is 1.84. The van der Waals surface area contributed by atoms with Gasteiger partial charge in [-0.2, -0.15) is 0 Å². The minimum atomic E-state index is -0.669. The molecule has 0 saturated heterocycles. The number of carbonyl (C=O) groups excluding carboxylic acids is 1. The predicted molar refractivity (Wildman–Crippen MR) is 61.7 cm³/mol. The Labute approximate surface area is 101 Å². The van der Waals surface area contributed by atoms with Crippen LogP contribution >= 0.6 is 15.9 Å². The molecular formula is C10H10BrNO4. The van der Waals surface area contributed by atoms with Gasteiger partial charge in [-0.25, -0.2) is 4.79 Å². The van der Waals surface area contributed by atoms with Gasteiger partial charge in [-0.3, -0.25) is 10.1 Å². The lowest BCUT2D eigenvalue weighted by atomic mass is 10.1. The van der Waals surface area contributed by atoms with Crippen LogP contribution in [0, 0.1) is 10.1 Å². The SMILES string of the molecule is CCOC(=O)c1cc(CBr)ccc1[N+](=O)[O-]. The Balaban J connectivity index is 3.20. The fraction of sp³-hybridized carbons (Fsp3) is 0.300. The highest BCUT2D eigenvalue weighted by molar-refractivity contribution is 9.08. The maximum absolute atomic E-state index is 11.5. The molecule has 0 spiro atoms. The third-order valence-corrected chi connectivity index (χ3v) is 2.55. The number of ether oxygens (including phenoxy) is 1. The first-order valence-corrected chi connectivity index (χ1v) is 5.72. The average molecular weight is 288 g/mol. The largest absolute Gasteiger partial charge is 0.462 e. The van der Waals surface area contributed by atoms with Crippen molar-refractivity contribution in [3.8, 4) is 0 Å². The summed E-state index contributed by atoms with van der Waals surface area (Å²) in [5.74, 6) is -0.669. The summed E-state index contributed by atoms with van der Waals surface area (Å²) in [5.41, 5.74) is 0.542. The number of benzene rings is 1. The van der Waals surface area contributed by atoms with Crippen LogP contribution in [0.25, 0.3) is 0 Å². The normalized spacial score (nSPS) is 9.88. The van der Waals surface area contributed by atoms with Crippen LogP contribution in [0.4, 0.5) is 5.69 Å². The zero-order chi connectivity index (χ0) is 12.1. The quantitative estimate of drug-likeness (QED) is 0.369. The van der Waals surface area contributed by atoms with E-state index in [0.717, 1.165) is 5.56 Å². The van der Waals surface area contributed by atoms with Crippen molar-refractivity contribution in [2.45, 2.75) is 12.3 Å². The number of esters is 1. The zero-order valence-corrected chi connectivity index (χ0v) is 10.2. The van der Waals surface area contributed by atoms with Crippen LogP contribution in [0.5, 0.6) is 0 Å². The molecule has 0 saturated carbocycles. The second-order valence-electron chi connectivity index (χ2n) is 2.96. The second-order valence-corrected chi connectivity index (χ2v) is 3.52. The first kappa shape index (κ1) is 12.6. The lowest BCUT2D eigenvalue weighted by Gasteiger charge is -2.04.